The van der Waals surface area contributed by atoms with Gasteiger partial charge >= 0.3 is 0 Å². The van der Waals surface area contributed by atoms with Crippen molar-refractivity contribution >= 4 is 32.9 Å². The molecule has 2 aromatic heterocycles. The van der Waals surface area contributed by atoms with Gasteiger partial charge in [0, 0.05) is 39.9 Å². The van der Waals surface area contributed by atoms with E-state index in [-0.39, 0.29) is 0 Å². The number of thiophene rings is 1. The van der Waals surface area contributed by atoms with Gasteiger partial charge in [-0.25, -0.2) is 4.98 Å². The molecule has 3 aromatic rings. The fourth-order valence-electron chi connectivity index (χ4n) is 4.68. The van der Waals surface area contributed by atoms with Crippen molar-refractivity contribution in [2.24, 2.45) is 0 Å². The van der Waals surface area contributed by atoms with Gasteiger partial charge in [0.1, 0.15) is 4.83 Å². The number of nitrogens with zero attached hydrogens (tertiary/aromatic N) is 1. The van der Waals surface area contributed by atoms with E-state index in [1.165, 1.54) is 73.0 Å². The van der Waals surface area contributed by atoms with Crippen LogP contribution in [0.3, 0.4) is 0 Å². The highest BCUT2D eigenvalue weighted by Gasteiger charge is 2.23. The Hall–Kier alpha value is -2.07. The summed E-state index contributed by atoms with van der Waals surface area (Å²) in [7, 11) is 0. The largest absolute Gasteiger partial charge is 0.382 e. The number of rotatable bonds is 4. The van der Waals surface area contributed by atoms with Gasteiger partial charge in [0.05, 0.1) is 0 Å². The van der Waals surface area contributed by atoms with E-state index in [0.717, 1.165) is 0 Å². The molecule has 0 atom stereocenters. The first-order valence-electron chi connectivity index (χ1n) is 10.3. The van der Waals surface area contributed by atoms with Crippen LogP contribution in [0.1, 0.15) is 49.0 Å². The van der Waals surface area contributed by atoms with E-state index in [1.54, 1.807) is 10.4 Å². The molecule has 0 bridgehead atoms. The molecule has 1 saturated carbocycles. The third-order valence-corrected chi connectivity index (χ3v) is 7.29. The van der Waals surface area contributed by atoms with Gasteiger partial charge in [-0.3, -0.25) is 0 Å². The summed E-state index contributed by atoms with van der Waals surface area (Å²) in [5.41, 5.74) is 4.14. The topological polar surface area (TPSA) is 37.0 Å². The highest BCUT2D eigenvalue weighted by atomic mass is 32.1. The highest BCUT2D eigenvalue weighted by Crippen LogP contribution is 2.39. The number of pyridine rings is 1. The quantitative estimate of drug-likeness (QED) is 0.584. The van der Waals surface area contributed by atoms with Crippen LogP contribution in [0, 0.1) is 0 Å². The molecule has 0 saturated heterocycles. The lowest BCUT2D eigenvalue weighted by Crippen LogP contribution is -2.32. The zero-order chi connectivity index (χ0) is 18.1. The molecule has 0 unspecified atom stereocenters. The third-order valence-electron chi connectivity index (χ3n) is 6.09. The lowest BCUT2D eigenvalue weighted by Gasteiger charge is -2.31. The molecule has 2 N–H and O–H groups in total. The maximum atomic E-state index is 4.67. The maximum absolute atomic E-state index is 4.67. The summed E-state index contributed by atoms with van der Waals surface area (Å²) < 4.78 is 0. The molecule has 4 heteroatoms. The molecule has 27 heavy (non-hydrogen) atoms. The van der Waals surface area contributed by atoms with Crippen LogP contribution < -0.4 is 10.6 Å². The molecule has 0 spiro atoms. The standard InChI is InChI=1S/C23H27N3S/c1-2-6-16(7-3-1)25-17-10-12-18(13-11-17)26-20-14-15-24-23-22(20)19-8-4-5-9-21(19)27-23/h1-3,6-7,14-15,17-18,25H,4-5,8-13H2,(H,24,26). The first-order valence-corrected chi connectivity index (χ1v) is 11.2. The van der Waals surface area contributed by atoms with E-state index in [0.29, 0.717) is 12.1 Å². The van der Waals surface area contributed by atoms with Crippen LogP contribution in [0.2, 0.25) is 0 Å². The Balaban J connectivity index is 1.27. The molecule has 2 heterocycles. The van der Waals surface area contributed by atoms with Gasteiger partial charge in [0.25, 0.3) is 0 Å². The second kappa shape index (κ2) is 7.51. The van der Waals surface area contributed by atoms with E-state index in [1.807, 2.05) is 17.5 Å². The fourth-order valence-corrected chi connectivity index (χ4v) is 5.93. The summed E-state index contributed by atoms with van der Waals surface area (Å²) in [4.78, 5) is 7.47. The van der Waals surface area contributed by atoms with Gasteiger partial charge in [-0.2, -0.15) is 0 Å². The third kappa shape index (κ3) is 3.55. The summed E-state index contributed by atoms with van der Waals surface area (Å²) in [6, 6.07) is 14.0. The zero-order valence-electron chi connectivity index (χ0n) is 15.7. The Labute approximate surface area is 165 Å². The van der Waals surface area contributed by atoms with Crippen molar-refractivity contribution in [3.05, 3.63) is 53.0 Å². The van der Waals surface area contributed by atoms with Crippen LogP contribution in [0.25, 0.3) is 10.2 Å². The van der Waals surface area contributed by atoms with Crippen LogP contribution >= 0.6 is 11.3 Å². The molecular formula is C23H27N3S. The van der Waals surface area contributed by atoms with Crippen molar-refractivity contribution in [1.82, 2.24) is 4.98 Å². The Kier molecular flexibility index (Phi) is 4.74. The molecule has 0 radical (unpaired) electrons. The molecular weight excluding hydrogens is 350 g/mol. The number of hydrogen-bond donors (Lipinski definition) is 2. The first kappa shape index (κ1) is 17.1. The number of anilines is 2. The summed E-state index contributed by atoms with van der Waals surface area (Å²) in [5.74, 6) is 0. The van der Waals surface area contributed by atoms with E-state index in [4.69, 9.17) is 0 Å². The number of benzene rings is 1. The maximum Gasteiger partial charge on any atom is 0.125 e. The monoisotopic (exact) mass is 377 g/mol. The number of aryl methyl sites for hydroxylation is 2. The smallest absolute Gasteiger partial charge is 0.125 e. The summed E-state index contributed by atoms with van der Waals surface area (Å²) in [5, 5.41) is 9.00. The van der Waals surface area contributed by atoms with Gasteiger partial charge in [-0.1, -0.05) is 18.2 Å². The minimum Gasteiger partial charge on any atom is -0.382 e. The molecule has 140 valence electrons. The highest BCUT2D eigenvalue weighted by molar-refractivity contribution is 7.19. The summed E-state index contributed by atoms with van der Waals surface area (Å²) in [6.45, 7) is 0. The lowest BCUT2D eigenvalue weighted by molar-refractivity contribution is 0.429. The molecule has 1 aromatic carbocycles. The van der Waals surface area contributed by atoms with Gasteiger partial charge in [0.15, 0.2) is 0 Å². The molecule has 2 aliphatic rings. The summed E-state index contributed by atoms with van der Waals surface area (Å²) >= 11 is 1.92. The molecule has 0 amide bonds. The predicted molar refractivity (Wildman–Crippen MR) is 116 cm³/mol. The Morgan fingerprint density at radius 1 is 0.852 bits per heavy atom. The van der Waals surface area contributed by atoms with Crippen molar-refractivity contribution in [1.29, 1.82) is 0 Å². The predicted octanol–water partition coefficient (Wildman–Crippen LogP) is 6.01. The first-order chi connectivity index (χ1) is 13.4. The summed E-state index contributed by atoms with van der Waals surface area (Å²) in [6.07, 6.45) is 12.0. The van der Waals surface area contributed by atoms with Gasteiger partial charge in [-0.05, 0) is 75.1 Å². The average Bonchev–Trinajstić information content (AvgIpc) is 3.10. The van der Waals surface area contributed by atoms with E-state index < -0.39 is 0 Å². The van der Waals surface area contributed by atoms with Crippen molar-refractivity contribution in [2.45, 2.75) is 63.5 Å². The zero-order valence-corrected chi connectivity index (χ0v) is 16.5. The van der Waals surface area contributed by atoms with Crippen molar-refractivity contribution < 1.29 is 0 Å². The van der Waals surface area contributed by atoms with E-state index in [9.17, 15) is 0 Å². The lowest BCUT2D eigenvalue weighted by atomic mass is 9.90. The van der Waals surface area contributed by atoms with E-state index >= 15 is 0 Å². The fraction of sp³-hybridized carbons (Fsp3) is 0.435. The second-order valence-electron chi connectivity index (χ2n) is 7.95. The number of nitrogens with one attached hydrogen (secondary N) is 2. The number of hydrogen-bond acceptors (Lipinski definition) is 4. The molecule has 0 aliphatic heterocycles. The van der Waals surface area contributed by atoms with Crippen LogP contribution in [-0.2, 0) is 12.8 Å². The van der Waals surface area contributed by atoms with Crippen LogP contribution in [0.15, 0.2) is 42.6 Å². The Morgan fingerprint density at radius 2 is 1.59 bits per heavy atom. The Bertz CT molecular complexity index is 910. The Morgan fingerprint density at radius 3 is 2.41 bits per heavy atom. The average molecular weight is 378 g/mol. The van der Waals surface area contributed by atoms with Crippen LogP contribution in [0.5, 0.6) is 0 Å². The minimum absolute atomic E-state index is 0.573. The van der Waals surface area contributed by atoms with Gasteiger partial charge in [0.2, 0.25) is 0 Å². The number of para-hydroxylation sites is 1. The van der Waals surface area contributed by atoms with Crippen LogP contribution in [0.4, 0.5) is 11.4 Å². The van der Waals surface area contributed by atoms with Gasteiger partial charge < -0.3 is 10.6 Å². The molecule has 1 fully saturated rings. The second-order valence-corrected chi connectivity index (χ2v) is 9.04. The molecule has 2 aliphatic carbocycles. The van der Waals surface area contributed by atoms with Crippen LogP contribution in [-0.4, -0.2) is 17.1 Å². The van der Waals surface area contributed by atoms with Crippen molar-refractivity contribution in [3.8, 4) is 0 Å². The number of aromatic nitrogens is 1. The SMILES string of the molecule is c1ccc(NC2CCC(Nc3ccnc4sc5c(c34)CCCC5)CC2)cc1. The van der Waals surface area contributed by atoms with E-state index in [2.05, 4.69) is 52.0 Å². The van der Waals surface area contributed by atoms with Crippen molar-refractivity contribution in [2.75, 3.05) is 10.6 Å². The minimum atomic E-state index is 0.573. The number of fused-ring (bicyclic) bond motifs is 3. The van der Waals surface area contributed by atoms with Crippen molar-refractivity contribution in [3.63, 3.8) is 0 Å². The molecule has 5 rings (SSSR count). The van der Waals surface area contributed by atoms with Gasteiger partial charge in [-0.15, -0.1) is 11.3 Å². The molecule has 3 nitrogen and oxygen atoms in total. The normalized spacial score (nSPS) is 22.4.